The molecule has 0 radical (unpaired) electrons. The summed E-state index contributed by atoms with van der Waals surface area (Å²) < 4.78 is 27.3. The molecular weight excluding hydrogens is 294 g/mol. The molecule has 2 rings (SSSR count). The van der Waals surface area contributed by atoms with Crippen molar-refractivity contribution in [3.05, 3.63) is 23.8 Å². The first-order valence-corrected chi connectivity index (χ1v) is 7.94. The Labute approximate surface area is 123 Å². The van der Waals surface area contributed by atoms with E-state index in [9.17, 15) is 13.2 Å². The summed E-state index contributed by atoms with van der Waals surface area (Å²) in [5.41, 5.74) is 0.868. The Morgan fingerprint density at radius 3 is 2.81 bits per heavy atom. The average molecular weight is 309 g/mol. The third-order valence-electron chi connectivity index (χ3n) is 3.29. The largest absolute Gasteiger partial charge is 0.495 e. The molecule has 1 atom stereocenters. The van der Waals surface area contributed by atoms with Gasteiger partial charge in [0.15, 0.2) is 0 Å². The molecule has 1 fully saturated rings. The zero-order chi connectivity index (χ0) is 15.6. The number of carbonyl (C=O) groups is 1. The minimum atomic E-state index is -3.61. The molecule has 1 aromatic rings. The van der Waals surface area contributed by atoms with Gasteiger partial charge in [-0.15, -0.1) is 0 Å². The maximum atomic E-state index is 12.0. The molecule has 2 N–H and O–H groups in total. The number of rotatable bonds is 4. The van der Waals surface area contributed by atoms with E-state index in [1.807, 2.05) is 6.07 Å². The van der Waals surface area contributed by atoms with Gasteiger partial charge in [-0.05, 0) is 18.2 Å². The van der Waals surface area contributed by atoms with E-state index in [1.165, 1.54) is 12.0 Å². The molecule has 0 spiro atoms. The fraction of sp³-hybridized carbons (Fsp3) is 0.385. The van der Waals surface area contributed by atoms with Crippen LogP contribution < -0.4 is 14.8 Å². The summed E-state index contributed by atoms with van der Waals surface area (Å²) >= 11 is 0. The van der Waals surface area contributed by atoms with Crippen molar-refractivity contribution in [2.45, 2.75) is 6.42 Å². The lowest BCUT2D eigenvalue weighted by atomic mass is 10.1. The number of primary sulfonamides is 1. The molecule has 0 bridgehead atoms. The SMILES string of the molecule is COc1ccc(N2CC(CS(N)(=O)=O)CC2=O)cc1C#N. The van der Waals surface area contributed by atoms with Crippen molar-refractivity contribution in [3.8, 4) is 11.8 Å². The van der Waals surface area contributed by atoms with Crippen molar-refractivity contribution >= 4 is 21.6 Å². The minimum Gasteiger partial charge on any atom is -0.495 e. The summed E-state index contributed by atoms with van der Waals surface area (Å²) in [7, 11) is -2.15. The fourth-order valence-electron chi connectivity index (χ4n) is 2.42. The van der Waals surface area contributed by atoms with Crippen LogP contribution in [0.1, 0.15) is 12.0 Å². The second-order valence-electron chi connectivity index (χ2n) is 4.90. The van der Waals surface area contributed by atoms with Gasteiger partial charge in [-0.1, -0.05) is 0 Å². The van der Waals surface area contributed by atoms with Crippen LogP contribution in [0.4, 0.5) is 5.69 Å². The van der Waals surface area contributed by atoms with Crippen molar-refractivity contribution in [3.63, 3.8) is 0 Å². The van der Waals surface area contributed by atoms with Crippen molar-refractivity contribution in [2.24, 2.45) is 11.1 Å². The van der Waals surface area contributed by atoms with Crippen LogP contribution in [0, 0.1) is 17.2 Å². The number of amides is 1. The quantitative estimate of drug-likeness (QED) is 0.854. The second-order valence-corrected chi connectivity index (χ2v) is 6.56. The van der Waals surface area contributed by atoms with Crippen LogP contribution in [0.25, 0.3) is 0 Å². The number of nitrogens with two attached hydrogens (primary N) is 1. The number of methoxy groups -OCH3 is 1. The molecule has 1 heterocycles. The summed E-state index contributed by atoms with van der Waals surface area (Å²) in [5, 5.41) is 14.1. The van der Waals surface area contributed by atoms with E-state index in [0.717, 1.165) is 0 Å². The molecule has 1 aliphatic heterocycles. The van der Waals surface area contributed by atoms with Crippen LogP contribution >= 0.6 is 0 Å². The van der Waals surface area contributed by atoms with Gasteiger partial charge in [-0.25, -0.2) is 13.6 Å². The lowest BCUT2D eigenvalue weighted by molar-refractivity contribution is -0.117. The number of nitriles is 1. The van der Waals surface area contributed by atoms with Gasteiger partial charge >= 0.3 is 0 Å². The molecule has 1 aromatic carbocycles. The highest BCUT2D eigenvalue weighted by Crippen LogP contribution is 2.29. The van der Waals surface area contributed by atoms with E-state index >= 15 is 0 Å². The molecule has 1 aliphatic rings. The van der Waals surface area contributed by atoms with Gasteiger partial charge in [0.05, 0.1) is 18.4 Å². The smallest absolute Gasteiger partial charge is 0.227 e. The number of benzene rings is 1. The Morgan fingerprint density at radius 1 is 1.52 bits per heavy atom. The van der Waals surface area contributed by atoms with Gasteiger partial charge in [0.25, 0.3) is 0 Å². The summed E-state index contributed by atoms with van der Waals surface area (Å²) in [6.07, 6.45) is 0.129. The monoisotopic (exact) mass is 309 g/mol. The first kappa shape index (κ1) is 15.3. The summed E-state index contributed by atoms with van der Waals surface area (Å²) in [6, 6.07) is 6.82. The summed E-state index contributed by atoms with van der Waals surface area (Å²) in [5.74, 6) is -0.317. The molecule has 0 saturated carbocycles. The Kier molecular flexibility index (Phi) is 4.16. The van der Waals surface area contributed by atoms with Crippen molar-refractivity contribution in [1.82, 2.24) is 0 Å². The number of nitrogens with zero attached hydrogens (tertiary/aromatic N) is 2. The van der Waals surface area contributed by atoms with Gasteiger partial charge in [-0.2, -0.15) is 5.26 Å². The lowest BCUT2D eigenvalue weighted by Gasteiger charge is -2.17. The molecule has 112 valence electrons. The first-order valence-electron chi connectivity index (χ1n) is 6.23. The number of hydrogen-bond acceptors (Lipinski definition) is 5. The highest BCUT2D eigenvalue weighted by atomic mass is 32.2. The van der Waals surface area contributed by atoms with Gasteiger partial charge < -0.3 is 9.64 Å². The third-order valence-corrected chi connectivity index (χ3v) is 4.22. The van der Waals surface area contributed by atoms with Gasteiger partial charge in [0, 0.05) is 24.6 Å². The number of ether oxygens (including phenoxy) is 1. The van der Waals surface area contributed by atoms with Crippen LogP contribution in [0.5, 0.6) is 5.75 Å². The zero-order valence-electron chi connectivity index (χ0n) is 11.4. The van der Waals surface area contributed by atoms with Crippen molar-refractivity contribution in [1.29, 1.82) is 5.26 Å². The lowest BCUT2D eigenvalue weighted by Crippen LogP contribution is -2.27. The fourth-order valence-corrected chi connectivity index (χ4v) is 3.30. The van der Waals surface area contributed by atoms with E-state index in [4.69, 9.17) is 15.1 Å². The highest BCUT2D eigenvalue weighted by Gasteiger charge is 2.33. The topological polar surface area (TPSA) is 113 Å². The van der Waals surface area contributed by atoms with Gasteiger partial charge in [0.2, 0.25) is 15.9 Å². The Morgan fingerprint density at radius 2 is 2.24 bits per heavy atom. The number of hydrogen-bond donors (Lipinski definition) is 1. The average Bonchev–Trinajstić information content (AvgIpc) is 2.76. The molecule has 1 saturated heterocycles. The zero-order valence-corrected chi connectivity index (χ0v) is 12.3. The number of anilines is 1. The maximum Gasteiger partial charge on any atom is 0.227 e. The molecule has 0 aromatic heterocycles. The van der Waals surface area contributed by atoms with E-state index in [2.05, 4.69) is 0 Å². The Balaban J connectivity index is 2.23. The highest BCUT2D eigenvalue weighted by molar-refractivity contribution is 7.89. The number of sulfonamides is 1. The molecule has 0 aliphatic carbocycles. The molecule has 8 heteroatoms. The van der Waals surface area contributed by atoms with E-state index in [-0.39, 0.29) is 30.5 Å². The molecule has 1 amide bonds. The molecule has 1 unspecified atom stereocenters. The Bertz CT molecular complexity index is 709. The predicted molar refractivity (Wildman–Crippen MR) is 76.1 cm³/mol. The summed E-state index contributed by atoms with van der Waals surface area (Å²) in [4.78, 5) is 13.5. The minimum absolute atomic E-state index is 0.129. The van der Waals surface area contributed by atoms with Crippen LogP contribution in [0.3, 0.4) is 0 Å². The van der Waals surface area contributed by atoms with Crippen LogP contribution in [-0.4, -0.2) is 33.7 Å². The van der Waals surface area contributed by atoms with Crippen LogP contribution in [0.15, 0.2) is 18.2 Å². The predicted octanol–water partition coefficient (Wildman–Crippen LogP) is 0.208. The maximum absolute atomic E-state index is 12.0. The normalized spacial score (nSPS) is 18.6. The van der Waals surface area contributed by atoms with Crippen LogP contribution in [-0.2, 0) is 14.8 Å². The van der Waals surface area contributed by atoms with E-state index in [1.54, 1.807) is 18.2 Å². The number of carbonyl (C=O) groups excluding carboxylic acids is 1. The van der Waals surface area contributed by atoms with Gasteiger partial charge in [-0.3, -0.25) is 4.79 Å². The third kappa shape index (κ3) is 3.51. The van der Waals surface area contributed by atoms with Crippen LogP contribution in [0.2, 0.25) is 0 Å². The Hall–Kier alpha value is -2.11. The first-order chi connectivity index (χ1) is 9.84. The molecule has 21 heavy (non-hydrogen) atoms. The standard InChI is InChI=1S/C13H15N3O4S/c1-20-12-3-2-11(5-10(12)6-14)16-7-9(4-13(16)17)8-21(15,18)19/h2-3,5,9H,4,7-8H2,1H3,(H2,15,18,19). The summed E-state index contributed by atoms with van der Waals surface area (Å²) in [6.45, 7) is 0.270. The molecular formula is C13H15N3O4S. The second kappa shape index (κ2) is 5.71. The van der Waals surface area contributed by atoms with E-state index in [0.29, 0.717) is 17.0 Å². The van der Waals surface area contributed by atoms with E-state index < -0.39 is 10.0 Å². The van der Waals surface area contributed by atoms with Crippen molar-refractivity contribution < 1.29 is 17.9 Å². The molecule has 7 nitrogen and oxygen atoms in total. The van der Waals surface area contributed by atoms with Crippen molar-refractivity contribution in [2.75, 3.05) is 24.3 Å². The van der Waals surface area contributed by atoms with Gasteiger partial charge in [0.1, 0.15) is 11.8 Å².